The van der Waals surface area contributed by atoms with Gasteiger partial charge in [-0.2, -0.15) is 0 Å². The maximum atomic E-state index is 12.0. The second-order valence-corrected chi connectivity index (χ2v) is 6.27. The van der Waals surface area contributed by atoms with Crippen molar-refractivity contribution in [2.45, 2.75) is 58.1 Å². The molecule has 4 nitrogen and oxygen atoms in total. The first-order valence-electron chi connectivity index (χ1n) is 6.96. The van der Waals surface area contributed by atoms with Crippen molar-refractivity contribution in [3.63, 3.8) is 0 Å². The van der Waals surface area contributed by atoms with Crippen molar-refractivity contribution in [1.29, 1.82) is 0 Å². The summed E-state index contributed by atoms with van der Waals surface area (Å²) in [4.78, 5) is 17.3. The third-order valence-corrected chi connectivity index (χ3v) is 4.92. The highest BCUT2D eigenvalue weighted by molar-refractivity contribution is 7.09. The molecule has 0 aromatic carbocycles. The van der Waals surface area contributed by atoms with E-state index in [1.54, 1.807) is 11.3 Å². The van der Waals surface area contributed by atoms with E-state index in [9.17, 15) is 9.90 Å². The second kappa shape index (κ2) is 6.48. The summed E-state index contributed by atoms with van der Waals surface area (Å²) in [5, 5.41) is 12.4. The van der Waals surface area contributed by atoms with E-state index in [0.29, 0.717) is 12.3 Å². The first-order chi connectivity index (χ1) is 9.10. The minimum atomic E-state index is -0.157. The third-order valence-electron chi connectivity index (χ3n) is 3.93. The van der Waals surface area contributed by atoms with Gasteiger partial charge in [-0.15, -0.1) is 11.3 Å². The number of amides is 1. The highest BCUT2D eigenvalue weighted by atomic mass is 32.1. The van der Waals surface area contributed by atoms with E-state index in [-0.39, 0.29) is 18.1 Å². The van der Waals surface area contributed by atoms with Gasteiger partial charge in [0.05, 0.1) is 17.3 Å². The molecule has 1 aliphatic carbocycles. The van der Waals surface area contributed by atoms with Gasteiger partial charge in [-0.1, -0.05) is 6.92 Å². The number of nitrogens with zero attached hydrogens (tertiary/aromatic N) is 1. The SMILES string of the molecule is CC[C@@H](NC(=O)CCc1scnc1C)C1CC(O)C1. The summed E-state index contributed by atoms with van der Waals surface area (Å²) >= 11 is 1.61. The monoisotopic (exact) mass is 282 g/mol. The highest BCUT2D eigenvalue weighted by Gasteiger charge is 2.33. The number of aromatic nitrogens is 1. The molecule has 1 saturated carbocycles. The van der Waals surface area contributed by atoms with E-state index in [1.807, 2.05) is 12.4 Å². The number of rotatable bonds is 6. The lowest BCUT2D eigenvalue weighted by Crippen LogP contribution is -2.46. The van der Waals surface area contributed by atoms with Crippen LogP contribution in [0.4, 0.5) is 0 Å². The summed E-state index contributed by atoms with van der Waals surface area (Å²) in [6.07, 6.45) is 3.72. The number of thiazole rings is 1. The zero-order valence-corrected chi connectivity index (χ0v) is 12.4. The molecule has 0 aliphatic heterocycles. The van der Waals surface area contributed by atoms with E-state index in [2.05, 4.69) is 17.2 Å². The number of aliphatic hydroxyl groups excluding tert-OH is 1. The lowest BCUT2D eigenvalue weighted by molar-refractivity contribution is -0.122. The zero-order chi connectivity index (χ0) is 13.8. The topological polar surface area (TPSA) is 62.2 Å². The molecule has 5 heteroatoms. The summed E-state index contributed by atoms with van der Waals surface area (Å²) in [6, 6.07) is 0.221. The number of aliphatic hydroxyl groups is 1. The van der Waals surface area contributed by atoms with Crippen molar-refractivity contribution < 1.29 is 9.90 Å². The molecule has 1 aliphatic rings. The molecule has 2 rings (SSSR count). The van der Waals surface area contributed by atoms with Gasteiger partial charge in [0.1, 0.15) is 0 Å². The average Bonchev–Trinajstić information content (AvgIpc) is 2.75. The molecular weight excluding hydrogens is 260 g/mol. The molecular formula is C14H22N2O2S. The molecule has 0 saturated heterocycles. The van der Waals surface area contributed by atoms with Gasteiger partial charge in [-0.25, -0.2) is 4.98 Å². The largest absolute Gasteiger partial charge is 0.393 e. The highest BCUT2D eigenvalue weighted by Crippen LogP contribution is 2.31. The van der Waals surface area contributed by atoms with Crippen LogP contribution in [-0.2, 0) is 11.2 Å². The fourth-order valence-electron chi connectivity index (χ4n) is 2.58. The van der Waals surface area contributed by atoms with Crippen LogP contribution >= 0.6 is 11.3 Å². The Labute approximate surface area is 118 Å². The molecule has 1 atom stereocenters. The van der Waals surface area contributed by atoms with Crippen molar-refractivity contribution >= 4 is 17.2 Å². The number of nitrogens with one attached hydrogen (secondary N) is 1. The van der Waals surface area contributed by atoms with E-state index >= 15 is 0 Å². The summed E-state index contributed by atoms with van der Waals surface area (Å²) in [6.45, 7) is 4.07. The molecule has 1 aromatic heterocycles. The predicted octanol–water partition coefficient (Wildman–Crippen LogP) is 2.05. The fraction of sp³-hybridized carbons (Fsp3) is 0.714. The molecule has 0 bridgehead atoms. The minimum Gasteiger partial charge on any atom is -0.393 e. The Kier molecular flexibility index (Phi) is 4.93. The number of carbonyl (C=O) groups is 1. The molecule has 1 fully saturated rings. The Balaban J connectivity index is 1.75. The van der Waals surface area contributed by atoms with Gasteiger partial charge < -0.3 is 10.4 Å². The van der Waals surface area contributed by atoms with E-state index in [0.717, 1.165) is 31.4 Å². The van der Waals surface area contributed by atoms with Crippen molar-refractivity contribution in [2.75, 3.05) is 0 Å². The Hall–Kier alpha value is -0.940. The molecule has 1 heterocycles. The minimum absolute atomic E-state index is 0.112. The molecule has 0 spiro atoms. The van der Waals surface area contributed by atoms with Crippen LogP contribution < -0.4 is 5.32 Å². The number of hydrogen-bond acceptors (Lipinski definition) is 4. The first kappa shape index (κ1) is 14.5. The molecule has 106 valence electrons. The number of hydrogen-bond donors (Lipinski definition) is 2. The number of aryl methyl sites for hydroxylation is 2. The maximum Gasteiger partial charge on any atom is 0.220 e. The lowest BCUT2D eigenvalue weighted by Gasteiger charge is -2.37. The van der Waals surface area contributed by atoms with Gasteiger partial charge in [0.15, 0.2) is 0 Å². The molecule has 0 radical (unpaired) electrons. The Bertz CT molecular complexity index is 427. The summed E-state index contributed by atoms with van der Waals surface area (Å²) in [5.74, 6) is 0.565. The van der Waals surface area contributed by atoms with Gasteiger partial charge in [0.2, 0.25) is 5.91 Å². The van der Waals surface area contributed by atoms with Crippen LogP contribution in [0.2, 0.25) is 0 Å². The second-order valence-electron chi connectivity index (χ2n) is 5.33. The third kappa shape index (κ3) is 3.76. The standard InChI is InChI=1S/C14H22N2O2S/c1-3-12(10-6-11(17)7-10)16-14(18)5-4-13-9(2)15-8-19-13/h8,10-12,17H,3-7H2,1-2H3,(H,16,18)/t10?,11?,12-/m1/s1. The first-order valence-corrected chi connectivity index (χ1v) is 7.84. The molecule has 1 amide bonds. The fourth-order valence-corrected chi connectivity index (χ4v) is 3.37. The summed E-state index contributed by atoms with van der Waals surface area (Å²) in [5.41, 5.74) is 2.86. The van der Waals surface area contributed by atoms with Crippen LogP contribution in [-0.4, -0.2) is 28.1 Å². The van der Waals surface area contributed by atoms with Crippen molar-refractivity contribution in [2.24, 2.45) is 5.92 Å². The van der Waals surface area contributed by atoms with E-state index in [1.165, 1.54) is 4.88 Å². The average molecular weight is 282 g/mol. The van der Waals surface area contributed by atoms with Crippen LogP contribution in [0.5, 0.6) is 0 Å². The van der Waals surface area contributed by atoms with Gasteiger partial charge >= 0.3 is 0 Å². The Morgan fingerprint density at radius 1 is 1.63 bits per heavy atom. The maximum absolute atomic E-state index is 12.0. The van der Waals surface area contributed by atoms with Crippen LogP contribution in [0.25, 0.3) is 0 Å². The lowest BCUT2D eigenvalue weighted by atomic mass is 9.76. The quantitative estimate of drug-likeness (QED) is 0.839. The van der Waals surface area contributed by atoms with Gasteiger partial charge in [0.25, 0.3) is 0 Å². The van der Waals surface area contributed by atoms with Crippen LogP contribution in [0.15, 0.2) is 5.51 Å². The van der Waals surface area contributed by atoms with Crippen molar-refractivity contribution in [1.82, 2.24) is 10.3 Å². The van der Waals surface area contributed by atoms with Gasteiger partial charge in [0, 0.05) is 17.3 Å². The van der Waals surface area contributed by atoms with E-state index in [4.69, 9.17) is 0 Å². The van der Waals surface area contributed by atoms with Crippen molar-refractivity contribution in [3.05, 3.63) is 16.1 Å². The van der Waals surface area contributed by atoms with E-state index < -0.39 is 0 Å². The molecule has 0 unspecified atom stereocenters. The molecule has 2 N–H and O–H groups in total. The van der Waals surface area contributed by atoms with Crippen molar-refractivity contribution in [3.8, 4) is 0 Å². The predicted molar refractivity (Wildman–Crippen MR) is 76.1 cm³/mol. The Morgan fingerprint density at radius 2 is 2.37 bits per heavy atom. The molecule has 1 aromatic rings. The zero-order valence-electron chi connectivity index (χ0n) is 11.6. The number of carbonyl (C=O) groups excluding carboxylic acids is 1. The summed E-state index contributed by atoms with van der Waals surface area (Å²) < 4.78 is 0. The molecule has 19 heavy (non-hydrogen) atoms. The smallest absolute Gasteiger partial charge is 0.220 e. The van der Waals surface area contributed by atoms with Gasteiger partial charge in [-0.05, 0) is 38.5 Å². The van der Waals surface area contributed by atoms with Crippen LogP contribution in [0.1, 0.15) is 43.2 Å². The summed E-state index contributed by atoms with van der Waals surface area (Å²) in [7, 11) is 0. The normalized spacial score (nSPS) is 23.7. The van der Waals surface area contributed by atoms with Gasteiger partial charge in [-0.3, -0.25) is 4.79 Å². The van der Waals surface area contributed by atoms with Crippen LogP contribution in [0.3, 0.4) is 0 Å². The van der Waals surface area contributed by atoms with Crippen LogP contribution in [0, 0.1) is 12.8 Å². The Morgan fingerprint density at radius 3 is 2.89 bits per heavy atom.